The van der Waals surface area contributed by atoms with Gasteiger partial charge in [0.25, 0.3) is 0 Å². The van der Waals surface area contributed by atoms with Crippen LogP contribution in [0.1, 0.15) is 25.0 Å². The Morgan fingerprint density at radius 1 is 0.328 bits per heavy atom. The quantitative estimate of drug-likeness (QED) is 0.154. The van der Waals surface area contributed by atoms with Gasteiger partial charge in [0, 0.05) is 22.4 Å². The second-order valence-electron chi connectivity index (χ2n) is 16.1. The minimum atomic E-state index is -0.132. The zero-order valence-electron chi connectivity index (χ0n) is 32.7. The van der Waals surface area contributed by atoms with E-state index in [1.807, 2.05) is 0 Å². The molecule has 10 aromatic rings. The molecule has 0 spiro atoms. The van der Waals surface area contributed by atoms with Gasteiger partial charge in [0.2, 0.25) is 0 Å². The van der Waals surface area contributed by atoms with Crippen LogP contribution in [-0.4, -0.2) is 0 Å². The Kier molecular flexibility index (Phi) is 7.91. The van der Waals surface area contributed by atoms with Gasteiger partial charge in [-0.15, -0.1) is 0 Å². The molecule has 58 heavy (non-hydrogen) atoms. The van der Waals surface area contributed by atoms with Crippen molar-refractivity contribution in [3.8, 4) is 44.5 Å². The van der Waals surface area contributed by atoms with Crippen molar-refractivity contribution in [2.75, 3.05) is 4.90 Å². The predicted octanol–water partition coefficient (Wildman–Crippen LogP) is 15.9. The van der Waals surface area contributed by atoms with Crippen molar-refractivity contribution in [3.63, 3.8) is 0 Å². The fourth-order valence-electron chi connectivity index (χ4n) is 9.65. The largest absolute Gasteiger partial charge is 0.310 e. The van der Waals surface area contributed by atoms with Crippen LogP contribution in [0, 0.1) is 0 Å². The molecular weight excluding hydrogens is 699 g/mol. The number of hydrogen-bond donors (Lipinski definition) is 0. The average molecular weight is 740 g/mol. The predicted molar refractivity (Wildman–Crippen MR) is 248 cm³/mol. The maximum absolute atomic E-state index is 2.47. The molecule has 0 amide bonds. The summed E-state index contributed by atoms with van der Waals surface area (Å²) >= 11 is 0. The normalized spacial score (nSPS) is 12.8. The second kappa shape index (κ2) is 13.5. The van der Waals surface area contributed by atoms with Crippen LogP contribution < -0.4 is 4.90 Å². The van der Waals surface area contributed by atoms with E-state index in [1.54, 1.807) is 0 Å². The molecule has 0 heterocycles. The average Bonchev–Trinajstić information content (AvgIpc) is 3.51. The molecule has 0 saturated carbocycles. The lowest BCUT2D eigenvalue weighted by molar-refractivity contribution is 0.660. The van der Waals surface area contributed by atoms with Crippen LogP contribution in [0.25, 0.3) is 76.8 Å². The van der Waals surface area contributed by atoms with Crippen LogP contribution in [0.15, 0.2) is 212 Å². The number of anilines is 3. The van der Waals surface area contributed by atoms with Crippen LogP contribution in [0.2, 0.25) is 0 Å². The van der Waals surface area contributed by atoms with Crippen LogP contribution >= 0.6 is 0 Å². The van der Waals surface area contributed by atoms with Crippen molar-refractivity contribution in [2.45, 2.75) is 19.3 Å². The van der Waals surface area contributed by atoms with Crippen molar-refractivity contribution >= 4 is 49.4 Å². The fourth-order valence-corrected chi connectivity index (χ4v) is 9.65. The van der Waals surface area contributed by atoms with Crippen molar-refractivity contribution in [1.82, 2.24) is 0 Å². The molecule has 0 saturated heterocycles. The number of rotatable bonds is 6. The van der Waals surface area contributed by atoms with E-state index in [-0.39, 0.29) is 5.41 Å². The van der Waals surface area contributed by atoms with E-state index < -0.39 is 0 Å². The molecular formula is C57H41N. The molecule has 0 unspecified atom stereocenters. The van der Waals surface area contributed by atoms with Crippen LogP contribution in [0.4, 0.5) is 17.1 Å². The highest BCUT2D eigenvalue weighted by Crippen LogP contribution is 2.52. The van der Waals surface area contributed by atoms with E-state index in [1.165, 1.54) is 88.0 Å². The molecule has 0 radical (unpaired) electrons. The molecule has 0 atom stereocenters. The van der Waals surface area contributed by atoms with Crippen LogP contribution in [0.5, 0.6) is 0 Å². The Balaban J connectivity index is 1.13. The van der Waals surface area contributed by atoms with Crippen LogP contribution in [0.3, 0.4) is 0 Å². The monoisotopic (exact) mass is 739 g/mol. The standard InChI is InChI=1S/C57H41N/c1-57(2)53-26-14-12-24-48(53)49-35-33-43(37-54(49)57)58(42-31-28-39(29-32-42)52-36-41-19-7-8-20-44(41)46-22-10-11-23-47(46)52)55-27-15-13-25-50(55)51-34-30-38-16-6-9-21-45(38)56(51)40-17-4-3-5-18-40/h3-37H,1-2H3. The lowest BCUT2D eigenvalue weighted by Crippen LogP contribution is -2.17. The SMILES string of the molecule is CC1(C)c2ccccc2-c2ccc(N(c3ccc(-c4cc5ccccc5c5ccccc45)cc3)c3ccccc3-c3ccc4ccccc4c3-c3ccccc3)cc21. The highest BCUT2D eigenvalue weighted by molar-refractivity contribution is 6.14. The summed E-state index contributed by atoms with van der Waals surface area (Å²) in [5, 5.41) is 7.56. The highest BCUT2D eigenvalue weighted by Gasteiger charge is 2.36. The van der Waals surface area contributed by atoms with E-state index in [4.69, 9.17) is 0 Å². The lowest BCUT2D eigenvalue weighted by atomic mass is 9.82. The van der Waals surface area contributed by atoms with Gasteiger partial charge < -0.3 is 4.90 Å². The smallest absolute Gasteiger partial charge is 0.0540 e. The van der Waals surface area contributed by atoms with Gasteiger partial charge in [0.15, 0.2) is 0 Å². The summed E-state index contributed by atoms with van der Waals surface area (Å²) in [5.74, 6) is 0. The maximum atomic E-state index is 2.47. The number of nitrogens with zero attached hydrogens (tertiary/aromatic N) is 1. The highest BCUT2D eigenvalue weighted by atomic mass is 15.1. The minimum Gasteiger partial charge on any atom is -0.310 e. The molecule has 0 aliphatic heterocycles. The number of benzene rings is 10. The Labute approximate surface area is 340 Å². The van der Waals surface area contributed by atoms with Gasteiger partial charge in [-0.05, 0) is 119 Å². The topological polar surface area (TPSA) is 3.24 Å². The molecule has 1 aliphatic carbocycles. The van der Waals surface area contributed by atoms with Gasteiger partial charge >= 0.3 is 0 Å². The Hall–Kier alpha value is -7.22. The second-order valence-corrected chi connectivity index (χ2v) is 16.1. The Morgan fingerprint density at radius 3 is 1.72 bits per heavy atom. The van der Waals surface area contributed by atoms with Gasteiger partial charge in [-0.1, -0.05) is 190 Å². The van der Waals surface area contributed by atoms with Crippen molar-refractivity contribution in [2.24, 2.45) is 0 Å². The van der Waals surface area contributed by atoms with Crippen LogP contribution in [-0.2, 0) is 5.41 Å². The minimum absolute atomic E-state index is 0.132. The van der Waals surface area contributed by atoms with Gasteiger partial charge in [-0.2, -0.15) is 0 Å². The molecule has 0 aromatic heterocycles. The van der Waals surface area contributed by atoms with E-state index in [2.05, 4.69) is 231 Å². The molecule has 10 aromatic carbocycles. The van der Waals surface area contributed by atoms with Crippen molar-refractivity contribution in [3.05, 3.63) is 223 Å². The Bertz CT molecular complexity index is 3190. The van der Waals surface area contributed by atoms with Gasteiger partial charge in [0.1, 0.15) is 0 Å². The first-order valence-corrected chi connectivity index (χ1v) is 20.3. The van der Waals surface area contributed by atoms with Gasteiger partial charge in [-0.25, -0.2) is 0 Å². The van der Waals surface area contributed by atoms with Crippen molar-refractivity contribution < 1.29 is 0 Å². The Morgan fingerprint density at radius 2 is 0.914 bits per heavy atom. The third-order valence-corrected chi connectivity index (χ3v) is 12.5. The lowest BCUT2D eigenvalue weighted by Gasteiger charge is -2.30. The molecule has 0 bridgehead atoms. The number of hydrogen-bond acceptors (Lipinski definition) is 1. The molecule has 11 rings (SSSR count). The third-order valence-electron chi connectivity index (χ3n) is 12.5. The molecule has 0 N–H and O–H groups in total. The van der Waals surface area contributed by atoms with E-state index >= 15 is 0 Å². The first-order valence-electron chi connectivity index (χ1n) is 20.3. The first-order chi connectivity index (χ1) is 28.5. The van der Waals surface area contributed by atoms with E-state index in [9.17, 15) is 0 Å². The zero-order chi connectivity index (χ0) is 38.8. The summed E-state index contributed by atoms with van der Waals surface area (Å²) in [6, 6.07) is 78.2. The molecule has 0 fully saturated rings. The van der Waals surface area contributed by atoms with E-state index in [0.29, 0.717) is 0 Å². The summed E-state index contributed by atoms with van der Waals surface area (Å²) in [6.45, 7) is 4.73. The number of fused-ring (bicyclic) bond motifs is 7. The maximum Gasteiger partial charge on any atom is 0.0540 e. The van der Waals surface area contributed by atoms with Crippen molar-refractivity contribution in [1.29, 1.82) is 0 Å². The van der Waals surface area contributed by atoms with Gasteiger partial charge in [-0.3, -0.25) is 0 Å². The summed E-state index contributed by atoms with van der Waals surface area (Å²) < 4.78 is 0. The van der Waals surface area contributed by atoms with E-state index in [0.717, 1.165) is 17.1 Å². The summed E-state index contributed by atoms with van der Waals surface area (Å²) in [7, 11) is 0. The molecule has 1 aliphatic rings. The summed E-state index contributed by atoms with van der Waals surface area (Å²) in [5.41, 5.74) is 15.9. The summed E-state index contributed by atoms with van der Waals surface area (Å²) in [4.78, 5) is 2.47. The fraction of sp³-hybridized carbons (Fsp3) is 0.0526. The first kappa shape index (κ1) is 34.1. The molecule has 1 nitrogen and oxygen atoms in total. The third kappa shape index (κ3) is 5.39. The molecule has 1 heteroatoms. The summed E-state index contributed by atoms with van der Waals surface area (Å²) in [6.07, 6.45) is 0. The zero-order valence-corrected chi connectivity index (χ0v) is 32.7. The number of para-hydroxylation sites is 1. The molecule has 274 valence electrons. The van der Waals surface area contributed by atoms with Gasteiger partial charge in [0.05, 0.1) is 5.69 Å².